The second-order valence-corrected chi connectivity index (χ2v) is 12.3. The number of benzene rings is 5. The Morgan fingerprint density at radius 3 is 2.17 bits per heavy atom. The maximum atomic E-state index is 13.7. The Morgan fingerprint density at radius 2 is 1.46 bits per heavy atom. The fraction of sp³-hybridized carbons (Fsp3) is 0.0541. The molecule has 5 aromatic carbocycles. The van der Waals surface area contributed by atoms with Crippen LogP contribution in [0.2, 0.25) is 0 Å². The summed E-state index contributed by atoms with van der Waals surface area (Å²) in [5.41, 5.74) is 3.43. The highest BCUT2D eigenvalue weighted by atomic mass is 32.2. The van der Waals surface area contributed by atoms with Gasteiger partial charge in [-0.1, -0.05) is 72.4 Å². The van der Waals surface area contributed by atoms with Crippen LogP contribution in [-0.2, 0) is 9.59 Å². The van der Waals surface area contributed by atoms with Crippen molar-refractivity contribution in [2.75, 3.05) is 23.1 Å². The summed E-state index contributed by atoms with van der Waals surface area (Å²) in [4.78, 5) is 44.9. The number of ether oxygens (including phenoxy) is 1. The van der Waals surface area contributed by atoms with Gasteiger partial charge in [-0.2, -0.15) is 0 Å². The van der Waals surface area contributed by atoms with E-state index in [1.807, 2.05) is 78.9 Å². The summed E-state index contributed by atoms with van der Waals surface area (Å²) in [6, 6.07) is 39.0. The quantitative estimate of drug-likeness (QED) is 0.125. The van der Waals surface area contributed by atoms with E-state index in [1.54, 1.807) is 78.4 Å². The summed E-state index contributed by atoms with van der Waals surface area (Å²) in [6.07, 6.45) is 1.60. The standard InChI is InChI=1S/C37H29N3O4S2/c1-44-28-15-9-11-25(21-28)22-30(39-36(42)26-12-3-2-4-13-26)37(43)38-27-14-10-16-29(23-27)45-24-35(41)40-31-17-5-7-19-33(31)46-34-20-8-6-18-32(34)40/h2-23H,24H2,1H3,(H,38,43)(H,39,42)/b30-22-. The van der Waals surface area contributed by atoms with Gasteiger partial charge in [0.2, 0.25) is 5.91 Å². The smallest absolute Gasteiger partial charge is 0.272 e. The van der Waals surface area contributed by atoms with E-state index in [1.165, 1.54) is 11.8 Å². The van der Waals surface area contributed by atoms with Crippen molar-refractivity contribution in [3.63, 3.8) is 0 Å². The topological polar surface area (TPSA) is 87.7 Å². The molecule has 0 aliphatic carbocycles. The number of hydrogen-bond acceptors (Lipinski definition) is 6. The number of thioether (sulfide) groups is 1. The lowest BCUT2D eigenvalue weighted by Gasteiger charge is -2.31. The summed E-state index contributed by atoms with van der Waals surface area (Å²) in [6.45, 7) is 0. The number of methoxy groups -OCH3 is 1. The fourth-order valence-corrected chi connectivity index (χ4v) is 6.75. The lowest BCUT2D eigenvalue weighted by molar-refractivity contribution is -0.115. The van der Waals surface area contributed by atoms with Crippen molar-refractivity contribution in [1.29, 1.82) is 0 Å². The van der Waals surface area contributed by atoms with E-state index in [4.69, 9.17) is 4.74 Å². The van der Waals surface area contributed by atoms with Crippen molar-refractivity contribution in [1.82, 2.24) is 5.32 Å². The maximum absolute atomic E-state index is 13.7. The number of carbonyl (C=O) groups is 3. The van der Waals surface area contributed by atoms with Crippen LogP contribution in [0.5, 0.6) is 5.75 Å². The van der Waals surface area contributed by atoms with Crippen LogP contribution < -0.4 is 20.3 Å². The van der Waals surface area contributed by atoms with E-state index in [-0.39, 0.29) is 17.4 Å². The molecule has 3 amide bonds. The molecule has 46 heavy (non-hydrogen) atoms. The Bertz CT molecular complexity index is 1900. The normalized spacial score (nSPS) is 12.0. The van der Waals surface area contributed by atoms with Gasteiger partial charge in [0.1, 0.15) is 11.4 Å². The van der Waals surface area contributed by atoms with E-state index in [2.05, 4.69) is 10.6 Å². The summed E-state index contributed by atoms with van der Waals surface area (Å²) in [7, 11) is 1.57. The SMILES string of the molecule is COc1cccc(/C=C(\NC(=O)c2ccccc2)C(=O)Nc2cccc(SCC(=O)N3c4ccccc4Sc4ccccc43)c2)c1. The van der Waals surface area contributed by atoms with Gasteiger partial charge in [0.25, 0.3) is 11.8 Å². The molecular weight excluding hydrogens is 615 g/mol. The Hall–Kier alpha value is -5.25. The zero-order chi connectivity index (χ0) is 31.9. The van der Waals surface area contributed by atoms with Gasteiger partial charge in [-0.3, -0.25) is 19.3 Å². The average molecular weight is 644 g/mol. The van der Waals surface area contributed by atoms with E-state index in [0.717, 1.165) is 26.1 Å². The summed E-state index contributed by atoms with van der Waals surface area (Å²) in [5, 5.41) is 5.66. The van der Waals surface area contributed by atoms with E-state index in [0.29, 0.717) is 22.6 Å². The van der Waals surface area contributed by atoms with Crippen molar-refractivity contribution in [3.8, 4) is 5.75 Å². The predicted octanol–water partition coefficient (Wildman–Crippen LogP) is 8.03. The molecule has 1 heterocycles. The number of nitrogens with one attached hydrogen (secondary N) is 2. The molecule has 6 rings (SSSR count). The molecule has 228 valence electrons. The molecule has 0 spiro atoms. The first kappa shape index (κ1) is 30.8. The largest absolute Gasteiger partial charge is 0.497 e. The van der Waals surface area contributed by atoms with Crippen LogP contribution in [0.25, 0.3) is 6.08 Å². The monoisotopic (exact) mass is 643 g/mol. The van der Waals surface area contributed by atoms with Gasteiger partial charge < -0.3 is 15.4 Å². The lowest BCUT2D eigenvalue weighted by atomic mass is 10.1. The molecule has 0 unspecified atom stereocenters. The Balaban J connectivity index is 1.19. The van der Waals surface area contributed by atoms with Crippen LogP contribution in [0.1, 0.15) is 15.9 Å². The Kier molecular flexibility index (Phi) is 9.52. The number of nitrogens with zero attached hydrogens (tertiary/aromatic N) is 1. The molecule has 5 aromatic rings. The molecule has 0 fully saturated rings. The number of para-hydroxylation sites is 2. The third-order valence-corrected chi connectivity index (χ3v) is 9.18. The van der Waals surface area contributed by atoms with Crippen molar-refractivity contribution < 1.29 is 19.1 Å². The molecule has 2 N–H and O–H groups in total. The molecule has 0 saturated carbocycles. The van der Waals surface area contributed by atoms with Crippen LogP contribution in [0, 0.1) is 0 Å². The number of amides is 3. The molecule has 0 saturated heterocycles. The molecule has 7 nitrogen and oxygen atoms in total. The van der Waals surface area contributed by atoms with Gasteiger partial charge >= 0.3 is 0 Å². The Labute approximate surface area is 275 Å². The lowest BCUT2D eigenvalue weighted by Crippen LogP contribution is -2.30. The minimum atomic E-state index is -0.496. The van der Waals surface area contributed by atoms with Gasteiger partial charge in [-0.05, 0) is 78.4 Å². The first-order valence-corrected chi connectivity index (χ1v) is 16.2. The van der Waals surface area contributed by atoms with Crippen molar-refractivity contribution in [2.45, 2.75) is 14.7 Å². The highest BCUT2D eigenvalue weighted by Gasteiger charge is 2.27. The fourth-order valence-electron chi connectivity index (χ4n) is 4.89. The summed E-state index contributed by atoms with van der Waals surface area (Å²) >= 11 is 3.04. The van der Waals surface area contributed by atoms with E-state index in [9.17, 15) is 14.4 Å². The van der Waals surface area contributed by atoms with Crippen molar-refractivity contribution >= 4 is 64.4 Å². The van der Waals surface area contributed by atoms with Crippen LogP contribution in [0.3, 0.4) is 0 Å². The zero-order valence-corrected chi connectivity index (χ0v) is 26.4. The third-order valence-electron chi connectivity index (χ3n) is 7.07. The first-order chi connectivity index (χ1) is 22.5. The first-order valence-electron chi connectivity index (χ1n) is 14.4. The van der Waals surface area contributed by atoms with E-state index < -0.39 is 11.8 Å². The number of hydrogen-bond donors (Lipinski definition) is 2. The minimum Gasteiger partial charge on any atom is -0.497 e. The molecular formula is C37H29N3O4S2. The van der Waals surface area contributed by atoms with Crippen molar-refractivity contribution in [3.05, 3.63) is 144 Å². The molecule has 9 heteroatoms. The van der Waals surface area contributed by atoms with Crippen LogP contribution >= 0.6 is 23.5 Å². The molecule has 0 bridgehead atoms. The number of anilines is 3. The number of rotatable bonds is 9. The second kappa shape index (κ2) is 14.2. The third kappa shape index (κ3) is 7.17. The maximum Gasteiger partial charge on any atom is 0.272 e. The minimum absolute atomic E-state index is 0.0493. The average Bonchev–Trinajstić information content (AvgIpc) is 3.09. The van der Waals surface area contributed by atoms with Crippen molar-refractivity contribution in [2.24, 2.45) is 0 Å². The van der Waals surface area contributed by atoms with Gasteiger partial charge in [0, 0.05) is 25.9 Å². The highest BCUT2D eigenvalue weighted by molar-refractivity contribution is 8.00. The van der Waals surface area contributed by atoms with Gasteiger partial charge in [-0.15, -0.1) is 11.8 Å². The molecule has 0 aromatic heterocycles. The molecule has 1 aliphatic rings. The summed E-state index contributed by atoms with van der Waals surface area (Å²) in [5.74, 6) is -0.140. The number of fused-ring (bicyclic) bond motifs is 2. The second-order valence-electron chi connectivity index (χ2n) is 10.2. The van der Waals surface area contributed by atoms with Crippen LogP contribution in [0.4, 0.5) is 17.1 Å². The van der Waals surface area contributed by atoms with Gasteiger partial charge in [0.05, 0.1) is 24.2 Å². The molecule has 0 radical (unpaired) electrons. The van der Waals surface area contributed by atoms with Crippen LogP contribution in [0.15, 0.2) is 148 Å². The van der Waals surface area contributed by atoms with Gasteiger partial charge in [-0.25, -0.2) is 0 Å². The molecule has 0 atom stereocenters. The highest BCUT2D eigenvalue weighted by Crippen LogP contribution is 2.48. The number of carbonyl (C=O) groups excluding carboxylic acids is 3. The van der Waals surface area contributed by atoms with E-state index >= 15 is 0 Å². The van der Waals surface area contributed by atoms with Gasteiger partial charge in [0.15, 0.2) is 0 Å². The predicted molar refractivity (Wildman–Crippen MR) is 185 cm³/mol. The zero-order valence-electron chi connectivity index (χ0n) is 24.8. The Morgan fingerprint density at radius 1 is 0.783 bits per heavy atom. The summed E-state index contributed by atoms with van der Waals surface area (Å²) < 4.78 is 5.32. The van der Waals surface area contributed by atoms with Crippen LogP contribution in [-0.4, -0.2) is 30.6 Å². The molecule has 1 aliphatic heterocycles.